The molecule has 0 radical (unpaired) electrons. The summed E-state index contributed by atoms with van der Waals surface area (Å²) in [6.45, 7) is 4.83. The monoisotopic (exact) mass is 267 g/mol. The van der Waals surface area contributed by atoms with Crippen LogP contribution in [-0.4, -0.2) is 28.9 Å². The number of aromatic nitrogens is 1. The third-order valence-corrected chi connectivity index (χ3v) is 3.46. The average molecular weight is 267 g/mol. The first-order valence-electron chi connectivity index (χ1n) is 6.29. The van der Waals surface area contributed by atoms with Crippen molar-refractivity contribution in [2.24, 2.45) is 0 Å². The van der Waals surface area contributed by atoms with E-state index < -0.39 is 0 Å². The van der Waals surface area contributed by atoms with Crippen molar-refractivity contribution in [3.05, 3.63) is 23.4 Å². The van der Waals surface area contributed by atoms with Gasteiger partial charge in [-0.3, -0.25) is 4.79 Å². The number of carbonyl (C=O) groups excluding carboxylic acids is 1. The molecular weight excluding hydrogens is 246 g/mol. The molecule has 0 atom stereocenters. The normalized spacial score (nSPS) is 10.3. The lowest BCUT2D eigenvalue weighted by atomic mass is 10.2. The molecule has 0 aliphatic carbocycles. The van der Waals surface area contributed by atoms with Gasteiger partial charge in [0.05, 0.1) is 0 Å². The van der Waals surface area contributed by atoms with Crippen LogP contribution in [0.4, 0.5) is 5.82 Å². The molecule has 0 aliphatic heterocycles. The maximum Gasteiger partial charge on any atom is 0.251 e. The van der Waals surface area contributed by atoms with Crippen LogP contribution in [0.3, 0.4) is 0 Å². The predicted molar refractivity (Wildman–Crippen MR) is 78.0 cm³/mol. The van der Waals surface area contributed by atoms with Crippen molar-refractivity contribution in [3.63, 3.8) is 0 Å². The van der Waals surface area contributed by atoms with Gasteiger partial charge in [-0.05, 0) is 36.5 Å². The quantitative estimate of drug-likeness (QED) is 0.742. The van der Waals surface area contributed by atoms with Gasteiger partial charge in [0.2, 0.25) is 0 Å². The summed E-state index contributed by atoms with van der Waals surface area (Å²) in [6.07, 6.45) is 1.77. The number of aryl methyl sites for hydroxylation is 1. The minimum Gasteiger partial charge on any atom is -0.384 e. The molecule has 3 N–H and O–H groups in total. The van der Waals surface area contributed by atoms with Crippen molar-refractivity contribution in [2.75, 3.05) is 23.8 Å². The molecule has 18 heavy (non-hydrogen) atoms. The van der Waals surface area contributed by atoms with Crippen LogP contribution in [0, 0.1) is 0 Å². The minimum atomic E-state index is -0.0692. The molecule has 4 nitrogen and oxygen atoms in total. The average Bonchev–Trinajstić information content (AvgIpc) is 2.37. The summed E-state index contributed by atoms with van der Waals surface area (Å²) in [5, 5.41) is 2.90. The first-order valence-corrected chi connectivity index (χ1v) is 7.45. The Kier molecular flexibility index (Phi) is 6.57. The van der Waals surface area contributed by atoms with Crippen LogP contribution in [0.25, 0.3) is 0 Å². The summed E-state index contributed by atoms with van der Waals surface area (Å²) in [7, 11) is 0. The van der Waals surface area contributed by atoms with E-state index in [1.807, 2.05) is 18.7 Å². The van der Waals surface area contributed by atoms with E-state index in [4.69, 9.17) is 5.73 Å². The number of hydrogen-bond acceptors (Lipinski definition) is 4. The van der Waals surface area contributed by atoms with Gasteiger partial charge < -0.3 is 11.1 Å². The van der Waals surface area contributed by atoms with Crippen molar-refractivity contribution in [2.45, 2.75) is 26.7 Å². The highest BCUT2D eigenvalue weighted by molar-refractivity contribution is 7.99. The van der Waals surface area contributed by atoms with Crippen LogP contribution < -0.4 is 11.1 Å². The third kappa shape index (κ3) is 4.96. The number of nitrogens with zero attached hydrogens (tertiary/aromatic N) is 1. The van der Waals surface area contributed by atoms with E-state index in [1.165, 1.54) is 0 Å². The molecular formula is C13H21N3OS. The van der Waals surface area contributed by atoms with Gasteiger partial charge in [0.1, 0.15) is 5.82 Å². The SMILES string of the molecule is CCSCCCNC(=O)c1cc(N)nc(CC)c1. The molecule has 0 saturated heterocycles. The van der Waals surface area contributed by atoms with E-state index in [1.54, 1.807) is 12.1 Å². The number of amides is 1. The summed E-state index contributed by atoms with van der Waals surface area (Å²) >= 11 is 1.88. The number of rotatable bonds is 7. The Bertz CT molecular complexity index is 396. The number of anilines is 1. The van der Waals surface area contributed by atoms with Crippen LogP contribution in [0.1, 0.15) is 36.3 Å². The van der Waals surface area contributed by atoms with E-state index in [0.717, 1.165) is 30.0 Å². The van der Waals surface area contributed by atoms with Crippen LogP contribution in [0.15, 0.2) is 12.1 Å². The fourth-order valence-corrected chi connectivity index (χ4v) is 2.18. The summed E-state index contributed by atoms with van der Waals surface area (Å²) in [5.74, 6) is 2.53. The van der Waals surface area contributed by atoms with Gasteiger partial charge in [-0.25, -0.2) is 4.98 Å². The van der Waals surface area contributed by atoms with E-state index >= 15 is 0 Å². The number of nitrogens with two attached hydrogens (primary N) is 1. The van der Waals surface area contributed by atoms with E-state index in [0.29, 0.717) is 17.9 Å². The Morgan fingerprint density at radius 1 is 1.44 bits per heavy atom. The number of carbonyl (C=O) groups is 1. The Morgan fingerprint density at radius 2 is 2.22 bits per heavy atom. The standard InChI is InChI=1S/C13H21N3OS/c1-3-11-8-10(9-12(14)16-11)13(17)15-6-5-7-18-4-2/h8-9H,3-7H2,1-2H3,(H2,14,16)(H,15,17). The van der Waals surface area contributed by atoms with Crippen molar-refractivity contribution < 1.29 is 4.79 Å². The molecule has 1 amide bonds. The second kappa shape index (κ2) is 7.97. The van der Waals surface area contributed by atoms with Crippen molar-refractivity contribution in [3.8, 4) is 0 Å². The molecule has 5 heteroatoms. The first-order chi connectivity index (χ1) is 8.67. The van der Waals surface area contributed by atoms with Crippen molar-refractivity contribution in [1.29, 1.82) is 0 Å². The van der Waals surface area contributed by atoms with E-state index in [2.05, 4.69) is 17.2 Å². The number of nitrogen functional groups attached to an aromatic ring is 1. The number of hydrogen-bond donors (Lipinski definition) is 2. The van der Waals surface area contributed by atoms with E-state index in [9.17, 15) is 4.79 Å². The van der Waals surface area contributed by atoms with Gasteiger partial charge in [-0.1, -0.05) is 13.8 Å². The Morgan fingerprint density at radius 3 is 2.89 bits per heavy atom. The summed E-state index contributed by atoms with van der Waals surface area (Å²) in [6, 6.07) is 3.42. The molecule has 1 rings (SSSR count). The zero-order chi connectivity index (χ0) is 13.4. The molecule has 0 unspecified atom stereocenters. The third-order valence-electron chi connectivity index (χ3n) is 2.48. The molecule has 1 aromatic rings. The maximum atomic E-state index is 11.9. The highest BCUT2D eigenvalue weighted by Crippen LogP contribution is 2.08. The maximum absolute atomic E-state index is 11.9. The Labute approximate surface area is 113 Å². The lowest BCUT2D eigenvalue weighted by Crippen LogP contribution is -2.25. The van der Waals surface area contributed by atoms with Gasteiger partial charge >= 0.3 is 0 Å². The van der Waals surface area contributed by atoms with Gasteiger partial charge in [0.15, 0.2) is 0 Å². The highest BCUT2D eigenvalue weighted by atomic mass is 32.2. The van der Waals surface area contributed by atoms with Gasteiger partial charge in [0.25, 0.3) is 5.91 Å². The fraction of sp³-hybridized carbons (Fsp3) is 0.538. The lowest BCUT2D eigenvalue weighted by molar-refractivity contribution is 0.0953. The summed E-state index contributed by atoms with van der Waals surface area (Å²) in [5.41, 5.74) is 7.12. The van der Waals surface area contributed by atoms with Crippen molar-refractivity contribution in [1.82, 2.24) is 10.3 Å². The van der Waals surface area contributed by atoms with Gasteiger partial charge in [-0.2, -0.15) is 11.8 Å². The van der Waals surface area contributed by atoms with Gasteiger partial charge in [0, 0.05) is 17.8 Å². The van der Waals surface area contributed by atoms with Crippen LogP contribution in [0.2, 0.25) is 0 Å². The predicted octanol–water partition coefficient (Wildman–Crippen LogP) is 2.10. The molecule has 0 spiro atoms. The first kappa shape index (κ1) is 14.8. The largest absolute Gasteiger partial charge is 0.384 e. The molecule has 0 aromatic carbocycles. The molecule has 0 bridgehead atoms. The summed E-state index contributed by atoms with van der Waals surface area (Å²) in [4.78, 5) is 16.0. The molecule has 100 valence electrons. The molecule has 0 aliphatic rings. The number of nitrogens with one attached hydrogen (secondary N) is 1. The molecule has 0 saturated carbocycles. The Hall–Kier alpha value is -1.23. The minimum absolute atomic E-state index is 0.0692. The molecule has 0 fully saturated rings. The second-order valence-corrected chi connectivity index (χ2v) is 5.33. The van der Waals surface area contributed by atoms with Crippen LogP contribution in [-0.2, 0) is 6.42 Å². The van der Waals surface area contributed by atoms with E-state index in [-0.39, 0.29) is 5.91 Å². The van der Waals surface area contributed by atoms with Crippen LogP contribution in [0.5, 0.6) is 0 Å². The Balaban J connectivity index is 2.48. The molecule has 1 heterocycles. The number of thioether (sulfide) groups is 1. The van der Waals surface area contributed by atoms with Crippen molar-refractivity contribution >= 4 is 23.5 Å². The number of pyridine rings is 1. The zero-order valence-electron chi connectivity index (χ0n) is 11.0. The molecule has 1 aromatic heterocycles. The highest BCUT2D eigenvalue weighted by Gasteiger charge is 2.07. The zero-order valence-corrected chi connectivity index (χ0v) is 11.8. The van der Waals surface area contributed by atoms with Gasteiger partial charge in [-0.15, -0.1) is 0 Å². The smallest absolute Gasteiger partial charge is 0.251 e. The lowest BCUT2D eigenvalue weighted by Gasteiger charge is -2.07. The second-order valence-electron chi connectivity index (χ2n) is 3.93. The summed E-state index contributed by atoms with van der Waals surface area (Å²) < 4.78 is 0. The topological polar surface area (TPSA) is 68.0 Å². The van der Waals surface area contributed by atoms with Crippen LogP contribution >= 0.6 is 11.8 Å². The fourth-order valence-electron chi connectivity index (χ4n) is 1.55.